The number of fused-ring (bicyclic) bond motifs is 1. The number of nitrogens with one attached hydrogen (secondary N) is 1. The van der Waals surface area contributed by atoms with Crippen molar-refractivity contribution in [2.24, 2.45) is 0 Å². The Labute approximate surface area is 129 Å². The van der Waals surface area contributed by atoms with Crippen LogP contribution in [0.3, 0.4) is 0 Å². The summed E-state index contributed by atoms with van der Waals surface area (Å²) in [5, 5.41) is 3.57. The number of hydrogen-bond donors (Lipinski definition) is 1. The van der Waals surface area contributed by atoms with Crippen LogP contribution < -0.4 is 10.2 Å². The SMILES string of the molecule is Cc1cn(C(C)C)c2ccc(N3CCC(=O)NC3=O)c(C)c12. The fourth-order valence-corrected chi connectivity index (χ4v) is 3.26. The molecule has 116 valence electrons. The van der Waals surface area contributed by atoms with Crippen molar-refractivity contribution < 1.29 is 9.59 Å². The van der Waals surface area contributed by atoms with Crippen LogP contribution in [-0.4, -0.2) is 23.1 Å². The number of anilines is 1. The van der Waals surface area contributed by atoms with Crippen molar-refractivity contribution in [1.29, 1.82) is 0 Å². The molecule has 1 saturated heterocycles. The van der Waals surface area contributed by atoms with Gasteiger partial charge in [-0.3, -0.25) is 15.0 Å². The average molecular weight is 299 g/mol. The topological polar surface area (TPSA) is 54.3 Å². The van der Waals surface area contributed by atoms with E-state index in [0.29, 0.717) is 19.0 Å². The molecule has 2 heterocycles. The Morgan fingerprint density at radius 3 is 2.55 bits per heavy atom. The Morgan fingerprint density at radius 2 is 1.91 bits per heavy atom. The molecule has 22 heavy (non-hydrogen) atoms. The van der Waals surface area contributed by atoms with Gasteiger partial charge in [0.2, 0.25) is 5.91 Å². The van der Waals surface area contributed by atoms with E-state index in [0.717, 1.165) is 11.3 Å². The van der Waals surface area contributed by atoms with Gasteiger partial charge < -0.3 is 4.57 Å². The van der Waals surface area contributed by atoms with Crippen LogP contribution in [0.25, 0.3) is 10.9 Å². The van der Waals surface area contributed by atoms with Gasteiger partial charge in [0, 0.05) is 41.8 Å². The molecule has 1 aliphatic rings. The molecule has 2 aromatic rings. The number of nitrogens with zero attached hydrogens (tertiary/aromatic N) is 2. The molecule has 1 aromatic heterocycles. The van der Waals surface area contributed by atoms with Gasteiger partial charge in [0.25, 0.3) is 0 Å². The standard InChI is InChI=1S/C17H21N3O2/c1-10(2)20-9-11(3)16-12(4)13(5-6-14(16)20)19-8-7-15(21)18-17(19)22/h5-6,9-10H,7-8H2,1-4H3,(H,18,21,22). The first kappa shape index (κ1) is 14.6. The van der Waals surface area contributed by atoms with E-state index in [-0.39, 0.29) is 11.9 Å². The van der Waals surface area contributed by atoms with Gasteiger partial charge in [-0.2, -0.15) is 0 Å². The summed E-state index contributed by atoms with van der Waals surface area (Å²) >= 11 is 0. The highest BCUT2D eigenvalue weighted by molar-refractivity contribution is 6.07. The first-order valence-electron chi connectivity index (χ1n) is 7.62. The lowest BCUT2D eigenvalue weighted by Crippen LogP contribution is -2.49. The van der Waals surface area contributed by atoms with E-state index in [4.69, 9.17) is 0 Å². The lowest BCUT2D eigenvalue weighted by molar-refractivity contribution is -0.120. The van der Waals surface area contributed by atoms with E-state index in [2.05, 4.69) is 42.9 Å². The highest BCUT2D eigenvalue weighted by Gasteiger charge is 2.26. The monoisotopic (exact) mass is 299 g/mol. The van der Waals surface area contributed by atoms with Crippen molar-refractivity contribution in [2.75, 3.05) is 11.4 Å². The molecule has 0 spiro atoms. The Morgan fingerprint density at radius 1 is 1.18 bits per heavy atom. The first-order valence-corrected chi connectivity index (χ1v) is 7.62. The zero-order chi connectivity index (χ0) is 16.0. The summed E-state index contributed by atoms with van der Waals surface area (Å²) in [4.78, 5) is 25.1. The largest absolute Gasteiger partial charge is 0.345 e. The number of imide groups is 1. The van der Waals surface area contributed by atoms with Crippen molar-refractivity contribution >= 4 is 28.5 Å². The molecule has 1 aromatic carbocycles. The predicted molar refractivity (Wildman–Crippen MR) is 87.3 cm³/mol. The number of rotatable bonds is 2. The quantitative estimate of drug-likeness (QED) is 0.925. The lowest BCUT2D eigenvalue weighted by atomic mass is 10.0. The van der Waals surface area contributed by atoms with Crippen molar-refractivity contribution in [3.63, 3.8) is 0 Å². The molecule has 0 atom stereocenters. The number of amides is 3. The van der Waals surface area contributed by atoms with Gasteiger partial charge in [-0.1, -0.05) is 0 Å². The summed E-state index contributed by atoms with van der Waals surface area (Å²) in [6.07, 6.45) is 2.50. The first-order chi connectivity index (χ1) is 10.4. The summed E-state index contributed by atoms with van der Waals surface area (Å²) in [5.41, 5.74) is 4.35. The fourth-order valence-electron chi connectivity index (χ4n) is 3.26. The van der Waals surface area contributed by atoms with Gasteiger partial charge >= 0.3 is 6.03 Å². The fraction of sp³-hybridized carbons (Fsp3) is 0.412. The lowest BCUT2D eigenvalue weighted by Gasteiger charge is -2.28. The van der Waals surface area contributed by atoms with Crippen molar-refractivity contribution in [1.82, 2.24) is 9.88 Å². The molecule has 1 fully saturated rings. The maximum Gasteiger partial charge on any atom is 0.328 e. The number of aromatic nitrogens is 1. The van der Waals surface area contributed by atoms with E-state index in [9.17, 15) is 9.59 Å². The molecule has 0 unspecified atom stereocenters. The Kier molecular flexibility index (Phi) is 3.43. The summed E-state index contributed by atoms with van der Waals surface area (Å²) in [7, 11) is 0. The third-order valence-corrected chi connectivity index (χ3v) is 4.32. The second-order valence-corrected chi connectivity index (χ2v) is 6.17. The van der Waals surface area contributed by atoms with E-state index >= 15 is 0 Å². The molecular formula is C17H21N3O2. The molecule has 1 N–H and O–H groups in total. The van der Waals surface area contributed by atoms with Crippen molar-refractivity contribution in [3.8, 4) is 0 Å². The number of hydrogen-bond acceptors (Lipinski definition) is 2. The second-order valence-electron chi connectivity index (χ2n) is 6.17. The van der Waals surface area contributed by atoms with Crippen LogP contribution in [0, 0.1) is 13.8 Å². The van der Waals surface area contributed by atoms with Crippen molar-refractivity contribution in [2.45, 2.75) is 40.2 Å². The molecule has 3 rings (SSSR count). The van der Waals surface area contributed by atoms with Crippen molar-refractivity contribution in [3.05, 3.63) is 29.5 Å². The molecule has 0 bridgehead atoms. The van der Waals surface area contributed by atoms with Crippen LogP contribution in [0.5, 0.6) is 0 Å². The van der Waals surface area contributed by atoms with Crippen LogP contribution in [0.1, 0.15) is 37.4 Å². The Balaban J connectivity index is 2.13. The average Bonchev–Trinajstić information content (AvgIpc) is 2.78. The molecule has 0 aliphatic carbocycles. The highest BCUT2D eigenvalue weighted by atomic mass is 16.2. The van der Waals surface area contributed by atoms with E-state index < -0.39 is 0 Å². The number of carbonyl (C=O) groups is 2. The molecule has 0 radical (unpaired) electrons. The van der Waals surface area contributed by atoms with Gasteiger partial charge in [-0.25, -0.2) is 4.79 Å². The number of carbonyl (C=O) groups excluding carboxylic acids is 2. The third kappa shape index (κ3) is 2.17. The van der Waals surface area contributed by atoms with Crippen LogP contribution in [0.15, 0.2) is 18.3 Å². The summed E-state index contributed by atoms with van der Waals surface area (Å²) in [5.74, 6) is -0.206. The smallest absolute Gasteiger partial charge is 0.328 e. The molecule has 0 saturated carbocycles. The Hall–Kier alpha value is -2.30. The van der Waals surface area contributed by atoms with Gasteiger partial charge in [0.1, 0.15) is 0 Å². The molecule has 3 amide bonds. The minimum Gasteiger partial charge on any atom is -0.345 e. The summed E-state index contributed by atoms with van der Waals surface area (Å²) in [6, 6.07) is 4.09. The zero-order valence-corrected chi connectivity index (χ0v) is 13.4. The van der Waals surface area contributed by atoms with Gasteiger partial charge in [0.15, 0.2) is 0 Å². The molecule has 1 aliphatic heterocycles. The van der Waals surface area contributed by atoms with E-state index in [1.807, 2.05) is 13.0 Å². The maximum absolute atomic E-state index is 12.1. The number of urea groups is 1. The highest BCUT2D eigenvalue weighted by Crippen LogP contribution is 2.33. The van der Waals surface area contributed by atoms with Gasteiger partial charge in [-0.05, 0) is 51.0 Å². The van der Waals surface area contributed by atoms with Gasteiger partial charge in [0.05, 0.1) is 0 Å². The normalized spacial score (nSPS) is 15.8. The number of benzene rings is 1. The molecule has 5 heteroatoms. The molecule has 5 nitrogen and oxygen atoms in total. The van der Waals surface area contributed by atoms with Crippen LogP contribution in [0.2, 0.25) is 0 Å². The van der Waals surface area contributed by atoms with Gasteiger partial charge in [-0.15, -0.1) is 0 Å². The van der Waals surface area contributed by atoms with Crippen LogP contribution in [-0.2, 0) is 4.79 Å². The Bertz CT molecular complexity index is 774. The molecular weight excluding hydrogens is 278 g/mol. The maximum atomic E-state index is 12.1. The zero-order valence-electron chi connectivity index (χ0n) is 13.4. The second kappa shape index (κ2) is 5.16. The van der Waals surface area contributed by atoms with E-state index in [1.54, 1.807) is 4.90 Å². The number of aryl methyl sites for hydroxylation is 2. The van der Waals surface area contributed by atoms with E-state index in [1.165, 1.54) is 16.5 Å². The summed E-state index contributed by atoms with van der Waals surface area (Å²) < 4.78 is 2.25. The minimum atomic E-state index is -0.334. The summed E-state index contributed by atoms with van der Waals surface area (Å²) in [6.45, 7) is 8.88. The third-order valence-electron chi connectivity index (χ3n) is 4.32. The van der Waals surface area contributed by atoms with Crippen LogP contribution in [0.4, 0.5) is 10.5 Å². The minimum absolute atomic E-state index is 0.206. The predicted octanol–water partition coefficient (Wildman–Crippen LogP) is 3.29. The van der Waals surface area contributed by atoms with Crippen LogP contribution >= 0.6 is 0 Å².